The molecule has 1 aromatic carbocycles. The molecule has 0 saturated heterocycles. The van der Waals surface area contributed by atoms with Crippen LogP contribution in [0.1, 0.15) is 29.8 Å². The maximum absolute atomic E-state index is 13.1. The highest BCUT2D eigenvalue weighted by atomic mass is 19.1. The van der Waals surface area contributed by atoms with Gasteiger partial charge in [0.15, 0.2) is 0 Å². The molecule has 1 atom stereocenters. The lowest BCUT2D eigenvalue weighted by atomic mass is 9.98. The fourth-order valence-corrected chi connectivity index (χ4v) is 2.55. The van der Waals surface area contributed by atoms with Crippen molar-refractivity contribution in [2.45, 2.75) is 26.7 Å². The number of hydrogen-bond acceptors (Lipinski definition) is 4. The van der Waals surface area contributed by atoms with E-state index in [0.29, 0.717) is 0 Å². The number of carbonyl (C=O) groups is 1. The van der Waals surface area contributed by atoms with Crippen LogP contribution in [0.3, 0.4) is 0 Å². The van der Waals surface area contributed by atoms with Crippen molar-refractivity contribution in [3.8, 4) is 0 Å². The molecule has 8 heteroatoms. The molecule has 2 aromatic rings. The molecular weight excluding hydrogens is 303 g/mol. The maximum Gasteiger partial charge on any atom is 0.295 e. The number of rotatable bonds is 4. The van der Waals surface area contributed by atoms with E-state index >= 15 is 0 Å². The molecule has 23 heavy (non-hydrogen) atoms. The molecule has 122 valence electrons. The van der Waals surface area contributed by atoms with Gasteiger partial charge >= 0.3 is 0 Å². The number of anilines is 1. The van der Waals surface area contributed by atoms with Crippen molar-refractivity contribution in [1.82, 2.24) is 9.78 Å². The van der Waals surface area contributed by atoms with Crippen LogP contribution < -0.4 is 5.32 Å². The standard InChI is InChI=1S/C15H17FN4O3/c1-8(14-9(2)18-19(4)10(14)3)15(21)17-12-6-5-11(16)7-13(12)20(22)23/h5-8H,1-4H3,(H,17,21)/t8-/m0/s1. The Kier molecular flexibility index (Phi) is 4.44. The molecule has 1 amide bonds. The first-order valence-electron chi connectivity index (χ1n) is 6.97. The Hall–Kier alpha value is -2.77. The van der Waals surface area contributed by atoms with Crippen LogP contribution in [0.4, 0.5) is 15.8 Å². The fraction of sp³-hybridized carbons (Fsp3) is 0.333. The number of nitrogens with zero attached hydrogens (tertiary/aromatic N) is 3. The molecule has 1 N–H and O–H groups in total. The minimum Gasteiger partial charge on any atom is -0.320 e. The third-order valence-electron chi connectivity index (χ3n) is 3.81. The molecule has 0 aliphatic rings. The monoisotopic (exact) mass is 320 g/mol. The zero-order chi connectivity index (χ0) is 17.3. The quantitative estimate of drug-likeness (QED) is 0.693. The van der Waals surface area contributed by atoms with Crippen molar-refractivity contribution in [3.63, 3.8) is 0 Å². The number of nitro groups is 1. The van der Waals surface area contributed by atoms with Crippen LogP contribution in [0, 0.1) is 29.8 Å². The van der Waals surface area contributed by atoms with Gasteiger partial charge in [-0.25, -0.2) is 4.39 Å². The van der Waals surface area contributed by atoms with Gasteiger partial charge in [0.1, 0.15) is 11.5 Å². The van der Waals surface area contributed by atoms with Gasteiger partial charge in [-0.3, -0.25) is 19.6 Å². The minimum atomic E-state index is -0.735. The van der Waals surface area contributed by atoms with Crippen molar-refractivity contribution < 1.29 is 14.1 Å². The summed E-state index contributed by atoms with van der Waals surface area (Å²) in [5, 5.41) is 17.7. The zero-order valence-electron chi connectivity index (χ0n) is 13.3. The third kappa shape index (κ3) is 3.20. The van der Waals surface area contributed by atoms with Crippen LogP contribution in [0.5, 0.6) is 0 Å². The average Bonchev–Trinajstić information content (AvgIpc) is 2.73. The minimum absolute atomic E-state index is 0.0348. The highest BCUT2D eigenvalue weighted by molar-refractivity contribution is 5.97. The van der Waals surface area contributed by atoms with Crippen molar-refractivity contribution >= 4 is 17.3 Å². The summed E-state index contributed by atoms with van der Waals surface area (Å²) in [4.78, 5) is 22.7. The number of nitro benzene ring substituents is 1. The molecule has 0 aliphatic heterocycles. The van der Waals surface area contributed by atoms with Crippen LogP contribution in [-0.4, -0.2) is 20.6 Å². The van der Waals surface area contributed by atoms with E-state index in [0.717, 1.165) is 29.1 Å². The molecule has 0 unspecified atom stereocenters. The Morgan fingerprint density at radius 1 is 1.43 bits per heavy atom. The highest BCUT2D eigenvalue weighted by Gasteiger charge is 2.25. The Bertz CT molecular complexity index is 785. The molecule has 0 saturated carbocycles. The Morgan fingerprint density at radius 3 is 2.61 bits per heavy atom. The molecule has 2 rings (SSSR count). The van der Waals surface area contributed by atoms with E-state index in [9.17, 15) is 19.3 Å². The Labute approximate surface area is 132 Å². The number of hydrogen-bond donors (Lipinski definition) is 1. The van der Waals surface area contributed by atoms with Gasteiger partial charge in [-0.2, -0.15) is 5.10 Å². The van der Waals surface area contributed by atoms with Gasteiger partial charge in [0, 0.05) is 18.3 Å². The first-order chi connectivity index (χ1) is 10.7. The summed E-state index contributed by atoms with van der Waals surface area (Å²) in [6.45, 7) is 5.34. The predicted octanol–water partition coefficient (Wildman–Crippen LogP) is 2.83. The lowest BCUT2D eigenvalue weighted by Gasteiger charge is -2.13. The van der Waals surface area contributed by atoms with Crippen LogP contribution in [-0.2, 0) is 11.8 Å². The molecule has 7 nitrogen and oxygen atoms in total. The number of amides is 1. The topological polar surface area (TPSA) is 90.1 Å². The highest BCUT2D eigenvalue weighted by Crippen LogP contribution is 2.28. The molecule has 0 radical (unpaired) electrons. The van der Waals surface area contributed by atoms with E-state index in [-0.39, 0.29) is 5.69 Å². The number of carbonyl (C=O) groups excluding carboxylic acids is 1. The van der Waals surface area contributed by atoms with Gasteiger partial charge in [-0.15, -0.1) is 0 Å². The summed E-state index contributed by atoms with van der Waals surface area (Å²) in [5.41, 5.74) is 1.83. The second-order valence-electron chi connectivity index (χ2n) is 5.34. The van der Waals surface area contributed by atoms with Crippen LogP contribution >= 0.6 is 0 Å². The molecule has 1 aromatic heterocycles. The normalized spacial score (nSPS) is 12.0. The Balaban J connectivity index is 2.31. The van der Waals surface area contributed by atoms with Gasteiger partial charge in [-0.1, -0.05) is 0 Å². The number of benzene rings is 1. The maximum atomic E-state index is 13.1. The summed E-state index contributed by atoms with van der Waals surface area (Å²) >= 11 is 0. The summed E-state index contributed by atoms with van der Waals surface area (Å²) in [5.74, 6) is -1.70. The molecule has 0 bridgehead atoms. The Morgan fingerprint density at radius 2 is 2.09 bits per heavy atom. The largest absolute Gasteiger partial charge is 0.320 e. The molecule has 0 fully saturated rings. The van der Waals surface area contributed by atoms with Crippen LogP contribution in [0.15, 0.2) is 18.2 Å². The van der Waals surface area contributed by atoms with E-state index < -0.39 is 28.3 Å². The van der Waals surface area contributed by atoms with Crippen LogP contribution in [0.2, 0.25) is 0 Å². The number of halogens is 1. The van der Waals surface area contributed by atoms with Crippen molar-refractivity contribution in [2.24, 2.45) is 7.05 Å². The number of aromatic nitrogens is 2. The first kappa shape index (κ1) is 16.6. The second kappa shape index (κ2) is 6.15. The van der Waals surface area contributed by atoms with Crippen LogP contribution in [0.25, 0.3) is 0 Å². The lowest BCUT2D eigenvalue weighted by molar-refractivity contribution is -0.384. The second-order valence-corrected chi connectivity index (χ2v) is 5.34. The summed E-state index contributed by atoms with van der Waals surface area (Å²) < 4.78 is 14.8. The fourth-order valence-electron chi connectivity index (χ4n) is 2.55. The smallest absolute Gasteiger partial charge is 0.295 e. The molecular formula is C15H17FN4O3. The first-order valence-corrected chi connectivity index (χ1v) is 6.97. The zero-order valence-corrected chi connectivity index (χ0v) is 13.3. The summed E-state index contributed by atoms with van der Waals surface area (Å²) in [6, 6.07) is 3.02. The third-order valence-corrected chi connectivity index (χ3v) is 3.81. The van der Waals surface area contributed by atoms with Gasteiger partial charge in [0.05, 0.1) is 22.6 Å². The van der Waals surface area contributed by atoms with Gasteiger partial charge in [0.25, 0.3) is 5.69 Å². The number of aryl methyl sites for hydroxylation is 2. The number of nitrogens with one attached hydrogen (secondary N) is 1. The average molecular weight is 320 g/mol. The van der Waals surface area contributed by atoms with E-state index in [1.165, 1.54) is 6.07 Å². The van der Waals surface area contributed by atoms with E-state index in [4.69, 9.17) is 0 Å². The molecule has 0 spiro atoms. The van der Waals surface area contributed by atoms with E-state index in [1.54, 1.807) is 25.6 Å². The predicted molar refractivity (Wildman–Crippen MR) is 82.8 cm³/mol. The summed E-state index contributed by atoms with van der Waals surface area (Å²) in [7, 11) is 1.78. The van der Waals surface area contributed by atoms with Crippen molar-refractivity contribution in [2.75, 3.05) is 5.32 Å². The van der Waals surface area contributed by atoms with Gasteiger partial charge in [-0.05, 0) is 32.9 Å². The van der Waals surface area contributed by atoms with E-state index in [1.807, 2.05) is 6.92 Å². The van der Waals surface area contributed by atoms with Crippen molar-refractivity contribution in [3.05, 3.63) is 51.1 Å². The van der Waals surface area contributed by atoms with Gasteiger partial charge < -0.3 is 5.32 Å². The summed E-state index contributed by atoms with van der Waals surface area (Å²) in [6.07, 6.45) is 0. The molecule has 1 heterocycles. The SMILES string of the molecule is Cc1nn(C)c(C)c1[C@H](C)C(=O)Nc1ccc(F)cc1[N+](=O)[O-]. The molecule has 0 aliphatic carbocycles. The van der Waals surface area contributed by atoms with Crippen molar-refractivity contribution in [1.29, 1.82) is 0 Å². The lowest BCUT2D eigenvalue weighted by Crippen LogP contribution is -2.20. The van der Waals surface area contributed by atoms with E-state index in [2.05, 4.69) is 10.4 Å². The van der Waals surface area contributed by atoms with Gasteiger partial charge in [0.2, 0.25) is 5.91 Å².